The van der Waals surface area contributed by atoms with Gasteiger partial charge in [0.2, 0.25) is 11.8 Å². The zero-order valence-corrected chi connectivity index (χ0v) is 14.5. The van der Waals surface area contributed by atoms with Crippen LogP contribution in [0, 0.1) is 0 Å². The minimum atomic E-state index is -0.305. The molecule has 1 aliphatic heterocycles. The lowest BCUT2D eigenvalue weighted by Crippen LogP contribution is -2.47. The second-order valence-corrected chi connectivity index (χ2v) is 6.58. The standard InChI is InChI=1S/C18H27N3O3/c1-13(2)24-16-5-3-4-14(10-16)11-18(23)20-15-6-8-21(9-7-15)12-17(19)22/h3-5,10,13,15H,6-9,11-12H2,1-2H3,(H2,19,22)(H,20,23). The molecule has 0 unspecified atom stereocenters. The second-order valence-electron chi connectivity index (χ2n) is 6.58. The van der Waals surface area contributed by atoms with Gasteiger partial charge >= 0.3 is 0 Å². The molecular formula is C18H27N3O3. The number of hydrogen-bond acceptors (Lipinski definition) is 4. The third-order valence-corrected chi connectivity index (χ3v) is 3.97. The largest absolute Gasteiger partial charge is 0.491 e. The number of rotatable bonds is 7. The molecule has 0 saturated carbocycles. The van der Waals surface area contributed by atoms with Crippen LogP contribution >= 0.6 is 0 Å². The Balaban J connectivity index is 1.78. The van der Waals surface area contributed by atoms with Gasteiger partial charge in [-0.15, -0.1) is 0 Å². The van der Waals surface area contributed by atoms with E-state index in [2.05, 4.69) is 5.32 Å². The first-order valence-electron chi connectivity index (χ1n) is 8.48. The lowest BCUT2D eigenvalue weighted by Gasteiger charge is -2.31. The number of carbonyl (C=O) groups is 2. The van der Waals surface area contributed by atoms with Crippen molar-refractivity contribution >= 4 is 11.8 Å². The van der Waals surface area contributed by atoms with E-state index in [1.807, 2.05) is 43.0 Å². The van der Waals surface area contributed by atoms with Crippen LogP contribution in [0.4, 0.5) is 0 Å². The highest BCUT2D eigenvalue weighted by Crippen LogP contribution is 2.16. The fourth-order valence-electron chi connectivity index (χ4n) is 2.92. The molecule has 0 radical (unpaired) electrons. The van der Waals surface area contributed by atoms with Gasteiger partial charge in [-0.25, -0.2) is 0 Å². The summed E-state index contributed by atoms with van der Waals surface area (Å²) in [5.74, 6) is 0.501. The van der Waals surface area contributed by atoms with Gasteiger partial charge in [0.15, 0.2) is 0 Å². The number of amides is 2. The maximum Gasteiger partial charge on any atom is 0.231 e. The molecule has 3 N–H and O–H groups in total. The quantitative estimate of drug-likeness (QED) is 0.782. The van der Waals surface area contributed by atoms with Crippen molar-refractivity contribution in [3.63, 3.8) is 0 Å². The van der Waals surface area contributed by atoms with Crippen molar-refractivity contribution in [2.75, 3.05) is 19.6 Å². The Morgan fingerprint density at radius 3 is 2.67 bits per heavy atom. The van der Waals surface area contributed by atoms with E-state index in [0.29, 0.717) is 13.0 Å². The molecule has 6 heteroatoms. The molecule has 6 nitrogen and oxygen atoms in total. The SMILES string of the molecule is CC(C)Oc1cccc(CC(=O)NC2CCN(CC(N)=O)CC2)c1. The number of hydrogen-bond donors (Lipinski definition) is 2. The molecular weight excluding hydrogens is 306 g/mol. The Morgan fingerprint density at radius 2 is 2.04 bits per heavy atom. The molecule has 1 aromatic rings. The minimum absolute atomic E-state index is 0.0186. The van der Waals surface area contributed by atoms with E-state index < -0.39 is 0 Å². The highest BCUT2D eigenvalue weighted by Gasteiger charge is 2.21. The van der Waals surface area contributed by atoms with Gasteiger partial charge in [0, 0.05) is 19.1 Å². The van der Waals surface area contributed by atoms with Gasteiger partial charge in [-0.3, -0.25) is 14.5 Å². The van der Waals surface area contributed by atoms with Gasteiger partial charge in [-0.2, -0.15) is 0 Å². The third kappa shape index (κ3) is 6.20. The Bertz CT molecular complexity index is 566. The molecule has 2 amide bonds. The highest BCUT2D eigenvalue weighted by atomic mass is 16.5. The first kappa shape index (κ1) is 18.3. The van der Waals surface area contributed by atoms with Crippen molar-refractivity contribution in [1.82, 2.24) is 10.2 Å². The van der Waals surface area contributed by atoms with Gasteiger partial charge in [-0.1, -0.05) is 12.1 Å². The minimum Gasteiger partial charge on any atom is -0.491 e. The van der Waals surface area contributed by atoms with Crippen LogP contribution in [-0.4, -0.2) is 48.5 Å². The summed E-state index contributed by atoms with van der Waals surface area (Å²) in [7, 11) is 0. The van der Waals surface area contributed by atoms with Crippen molar-refractivity contribution in [1.29, 1.82) is 0 Å². The number of nitrogens with two attached hydrogens (primary N) is 1. The van der Waals surface area contributed by atoms with Crippen molar-refractivity contribution in [3.05, 3.63) is 29.8 Å². The third-order valence-electron chi connectivity index (χ3n) is 3.97. The summed E-state index contributed by atoms with van der Waals surface area (Å²) in [5, 5.41) is 3.08. The van der Waals surface area contributed by atoms with Crippen LogP contribution in [-0.2, 0) is 16.0 Å². The van der Waals surface area contributed by atoms with Crippen LogP contribution in [0.5, 0.6) is 5.75 Å². The summed E-state index contributed by atoms with van der Waals surface area (Å²) >= 11 is 0. The number of piperidine rings is 1. The summed E-state index contributed by atoms with van der Waals surface area (Å²) in [4.78, 5) is 25.2. The molecule has 0 bridgehead atoms. The van der Waals surface area contributed by atoms with Gasteiger partial charge in [0.25, 0.3) is 0 Å². The number of primary amides is 1. The number of likely N-dealkylation sites (tertiary alicyclic amines) is 1. The zero-order valence-electron chi connectivity index (χ0n) is 14.5. The molecule has 0 aromatic heterocycles. The molecule has 1 heterocycles. The molecule has 0 atom stereocenters. The van der Waals surface area contributed by atoms with E-state index in [0.717, 1.165) is 37.2 Å². The van der Waals surface area contributed by atoms with Crippen LogP contribution in [0.25, 0.3) is 0 Å². The van der Waals surface area contributed by atoms with Gasteiger partial charge in [-0.05, 0) is 44.4 Å². The Morgan fingerprint density at radius 1 is 1.33 bits per heavy atom. The van der Waals surface area contributed by atoms with Crippen LogP contribution < -0.4 is 15.8 Å². The summed E-state index contributed by atoms with van der Waals surface area (Å²) < 4.78 is 5.65. The lowest BCUT2D eigenvalue weighted by atomic mass is 10.0. The maximum absolute atomic E-state index is 12.2. The van der Waals surface area contributed by atoms with E-state index in [4.69, 9.17) is 10.5 Å². The van der Waals surface area contributed by atoms with Crippen LogP contribution in [0.15, 0.2) is 24.3 Å². The average molecular weight is 333 g/mol. The number of ether oxygens (including phenoxy) is 1. The molecule has 0 aliphatic carbocycles. The fourth-order valence-corrected chi connectivity index (χ4v) is 2.92. The first-order chi connectivity index (χ1) is 11.4. The number of nitrogens with zero attached hydrogens (tertiary/aromatic N) is 1. The van der Waals surface area contributed by atoms with Crippen molar-refractivity contribution < 1.29 is 14.3 Å². The fraction of sp³-hybridized carbons (Fsp3) is 0.556. The van der Waals surface area contributed by atoms with Gasteiger partial charge in [0.05, 0.1) is 19.1 Å². The molecule has 1 aromatic carbocycles. The summed E-state index contributed by atoms with van der Waals surface area (Å²) in [5.41, 5.74) is 6.15. The van der Waals surface area contributed by atoms with Gasteiger partial charge < -0.3 is 15.8 Å². The van der Waals surface area contributed by atoms with Gasteiger partial charge in [0.1, 0.15) is 5.75 Å². The van der Waals surface area contributed by atoms with E-state index in [-0.39, 0.29) is 24.0 Å². The molecule has 132 valence electrons. The monoisotopic (exact) mass is 333 g/mol. The Labute approximate surface area is 143 Å². The Kier molecular flexibility index (Phi) is 6.61. The molecule has 0 spiro atoms. The van der Waals surface area contributed by atoms with Crippen LogP contribution in [0.1, 0.15) is 32.3 Å². The normalized spacial score (nSPS) is 16.1. The number of carbonyl (C=O) groups excluding carboxylic acids is 2. The van der Waals surface area contributed by atoms with E-state index in [1.165, 1.54) is 0 Å². The Hall–Kier alpha value is -2.08. The molecule has 2 rings (SSSR count). The topological polar surface area (TPSA) is 84.7 Å². The summed E-state index contributed by atoms with van der Waals surface area (Å²) in [6, 6.07) is 7.81. The van der Waals surface area contributed by atoms with Crippen molar-refractivity contribution in [2.45, 2.75) is 45.3 Å². The maximum atomic E-state index is 12.2. The van der Waals surface area contributed by atoms with E-state index in [9.17, 15) is 9.59 Å². The number of benzene rings is 1. The summed E-state index contributed by atoms with van der Waals surface area (Å²) in [6.45, 7) is 5.81. The second kappa shape index (κ2) is 8.68. The van der Waals surface area contributed by atoms with Crippen molar-refractivity contribution in [3.8, 4) is 5.75 Å². The zero-order chi connectivity index (χ0) is 17.5. The summed E-state index contributed by atoms with van der Waals surface area (Å²) in [6.07, 6.45) is 2.14. The van der Waals surface area contributed by atoms with Crippen LogP contribution in [0.3, 0.4) is 0 Å². The molecule has 1 saturated heterocycles. The predicted octanol–water partition coefficient (Wildman–Crippen LogP) is 1.08. The smallest absolute Gasteiger partial charge is 0.231 e. The van der Waals surface area contributed by atoms with Crippen LogP contribution in [0.2, 0.25) is 0 Å². The number of nitrogens with one attached hydrogen (secondary N) is 1. The average Bonchev–Trinajstić information content (AvgIpc) is 2.48. The predicted molar refractivity (Wildman–Crippen MR) is 92.7 cm³/mol. The molecule has 1 fully saturated rings. The molecule has 1 aliphatic rings. The lowest BCUT2D eigenvalue weighted by molar-refractivity contribution is -0.122. The highest BCUT2D eigenvalue weighted by molar-refractivity contribution is 5.79. The van der Waals surface area contributed by atoms with E-state index in [1.54, 1.807) is 0 Å². The van der Waals surface area contributed by atoms with E-state index >= 15 is 0 Å². The first-order valence-corrected chi connectivity index (χ1v) is 8.48. The van der Waals surface area contributed by atoms with Crippen molar-refractivity contribution in [2.24, 2.45) is 5.73 Å². The molecule has 24 heavy (non-hydrogen) atoms.